The maximum absolute atomic E-state index is 13.1. The second-order valence-corrected chi connectivity index (χ2v) is 16.5. The lowest BCUT2D eigenvalue weighted by molar-refractivity contribution is -0.157. The first-order chi connectivity index (χ1) is 25.2. The lowest BCUT2D eigenvalue weighted by Crippen LogP contribution is -2.28. The van der Waals surface area contributed by atoms with Crippen molar-refractivity contribution in [2.75, 3.05) is 11.5 Å². The number of benzene rings is 2. The van der Waals surface area contributed by atoms with E-state index in [9.17, 15) is 9.59 Å². The molecule has 0 aliphatic carbocycles. The van der Waals surface area contributed by atoms with E-state index in [1.165, 1.54) is 60.1 Å². The van der Waals surface area contributed by atoms with Crippen molar-refractivity contribution >= 4 is 81.9 Å². The van der Waals surface area contributed by atoms with Gasteiger partial charge < -0.3 is 9.47 Å². The molecule has 0 N–H and O–H groups in total. The highest BCUT2D eigenvalue weighted by Crippen LogP contribution is 2.45. The average Bonchev–Trinajstić information content (AvgIpc) is 3.81. The Balaban J connectivity index is 1.43. The minimum Gasteiger partial charge on any atom is -0.383 e. The normalized spacial score (nSPS) is 13.7. The Morgan fingerprint density at radius 1 is 0.615 bits per heavy atom. The fourth-order valence-electron chi connectivity index (χ4n) is 5.48. The first-order valence-electron chi connectivity index (χ1n) is 17.7. The molecule has 4 rings (SSSR count). The summed E-state index contributed by atoms with van der Waals surface area (Å²) >= 11 is 29.9. The summed E-state index contributed by atoms with van der Waals surface area (Å²) in [5.41, 5.74) is 0.519. The molecule has 4 aromatic rings. The second-order valence-electron chi connectivity index (χ2n) is 12.3. The number of nitrogens with zero attached hydrogens (tertiary/aromatic N) is 4. The highest BCUT2D eigenvalue weighted by Gasteiger charge is 2.31. The number of hydrogen-bond acceptors (Lipinski definition) is 8. The van der Waals surface area contributed by atoms with Crippen molar-refractivity contribution in [3.63, 3.8) is 0 Å². The van der Waals surface area contributed by atoms with Crippen molar-refractivity contribution in [2.24, 2.45) is 0 Å². The number of aromatic nitrogens is 4. The topological polar surface area (TPSA) is 88.2 Å². The largest absolute Gasteiger partial charge is 0.425 e. The molecule has 4 unspecified atom stereocenters. The van der Waals surface area contributed by atoms with Gasteiger partial charge in [0.15, 0.2) is 0 Å². The molecule has 2 aromatic carbocycles. The van der Waals surface area contributed by atoms with Crippen LogP contribution >= 0.6 is 69.9 Å². The third-order valence-electron chi connectivity index (χ3n) is 8.32. The van der Waals surface area contributed by atoms with E-state index in [0.29, 0.717) is 10.0 Å². The Morgan fingerprint density at radius 2 is 0.981 bits per heavy atom. The number of carbonyl (C=O) groups is 2. The summed E-state index contributed by atoms with van der Waals surface area (Å²) in [5, 5.41) is 0.790. The summed E-state index contributed by atoms with van der Waals surface area (Å²) in [5.74, 6) is -0.777. The van der Waals surface area contributed by atoms with Gasteiger partial charge in [-0.15, -0.1) is 0 Å². The summed E-state index contributed by atoms with van der Waals surface area (Å²) in [6.45, 7) is 4.39. The maximum Gasteiger partial charge on any atom is 0.425 e. The lowest BCUT2D eigenvalue weighted by Gasteiger charge is -2.25. The molecule has 8 nitrogen and oxygen atoms in total. The average molecular weight is 829 g/mol. The number of alkyl halides is 2. The maximum atomic E-state index is 13.1. The zero-order valence-electron chi connectivity index (χ0n) is 29.5. The van der Waals surface area contributed by atoms with Gasteiger partial charge in [-0.25, -0.2) is 19.6 Å². The zero-order chi connectivity index (χ0) is 37.3. The molecule has 0 bridgehead atoms. The summed E-state index contributed by atoms with van der Waals surface area (Å²) in [6.07, 6.45) is 17.7. The van der Waals surface area contributed by atoms with E-state index in [-0.39, 0.29) is 22.5 Å². The van der Waals surface area contributed by atoms with Crippen LogP contribution in [0.15, 0.2) is 73.3 Å². The van der Waals surface area contributed by atoms with E-state index in [1.807, 2.05) is 48.5 Å². The number of imidazole rings is 2. The Hall–Kier alpha value is -2.34. The standard InChI is InChI=1S/C38H46Cl4N4O4S2/c1-3-5-7-9-11-25-51-31(27-13-17-29(39)18-14-27)33(41)45-23-21-43-37(45)49-35(47)36(48)50-38-44-22-24-46(38)34(42)32(28-15-19-30(40)20-16-28)52-26-12-10-8-6-4-2/h13-24,31-34H,3-12,25-26H2,1-2H3. The van der Waals surface area contributed by atoms with Crippen LogP contribution in [-0.2, 0) is 9.59 Å². The van der Waals surface area contributed by atoms with Crippen molar-refractivity contribution in [3.05, 3.63) is 94.5 Å². The van der Waals surface area contributed by atoms with Gasteiger partial charge >= 0.3 is 24.0 Å². The highest BCUT2D eigenvalue weighted by atomic mass is 35.5. The zero-order valence-corrected chi connectivity index (χ0v) is 34.1. The predicted octanol–water partition coefficient (Wildman–Crippen LogP) is 12.3. The molecule has 0 radical (unpaired) electrons. The van der Waals surface area contributed by atoms with Gasteiger partial charge in [0.05, 0.1) is 10.5 Å². The molecule has 0 aliphatic heterocycles. The third-order valence-corrected chi connectivity index (χ3v) is 12.9. The summed E-state index contributed by atoms with van der Waals surface area (Å²) in [4.78, 5) is 34.6. The van der Waals surface area contributed by atoms with Crippen LogP contribution in [0, 0.1) is 0 Å². The fraction of sp³-hybridized carbons (Fsp3) is 0.474. The quantitative estimate of drug-likeness (QED) is 0.0335. The highest BCUT2D eigenvalue weighted by molar-refractivity contribution is 7.99. The van der Waals surface area contributed by atoms with Crippen LogP contribution in [0.4, 0.5) is 0 Å². The molecular formula is C38H46Cl4N4O4S2. The van der Waals surface area contributed by atoms with Gasteiger partial charge in [-0.1, -0.05) is 136 Å². The van der Waals surface area contributed by atoms with Gasteiger partial charge in [0.2, 0.25) is 0 Å². The Morgan fingerprint density at radius 3 is 1.35 bits per heavy atom. The molecule has 0 saturated carbocycles. The van der Waals surface area contributed by atoms with Gasteiger partial charge in [0.1, 0.15) is 11.0 Å². The van der Waals surface area contributed by atoms with Gasteiger partial charge in [-0.2, -0.15) is 23.5 Å². The van der Waals surface area contributed by atoms with Crippen LogP contribution in [0.25, 0.3) is 0 Å². The van der Waals surface area contributed by atoms with E-state index in [2.05, 4.69) is 23.8 Å². The molecule has 2 heterocycles. The molecular weight excluding hydrogens is 782 g/mol. The van der Waals surface area contributed by atoms with E-state index >= 15 is 0 Å². The lowest BCUT2D eigenvalue weighted by atomic mass is 10.1. The van der Waals surface area contributed by atoms with Crippen molar-refractivity contribution in [2.45, 2.75) is 99.6 Å². The summed E-state index contributed by atoms with van der Waals surface area (Å²) in [6, 6.07) is 14.7. The number of ether oxygens (including phenoxy) is 2. The van der Waals surface area contributed by atoms with E-state index in [1.54, 1.807) is 35.9 Å². The Bertz CT molecular complexity index is 1530. The molecule has 0 saturated heterocycles. The van der Waals surface area contributed by atoms with Crippen LogP contribution in [0.3, 0.4) is 0 Å². The van der Waals surface area contributed by atoms with Crippen molar-refractivity contribution in [3.8, 4) is 12.0 Å². The third kappa shape index (κ3) is 12.9. The number of halogens is 4. The van der Waals surface area contributed by atoms with Gasteiger partial charge in [0, 0.05) is 34.8 Å². The number of hydrogen-bond donors (Lipinski definition) is 0. The number of rotatable bonds is 22. The number of esters is 2. The Labute approximate surface area is 335 Å². The van der Waals surface area contributed by atoms with E-state index in [4.69, 9.17) is 55.9 Å². The molecule has 14 heteroatoms. The van der Waals surface area contributed by atoms with Crippen LogP contribution in [0.2, 0.25) is 10.0 Å². The summed E-state index contributed by atoms with van der Waals surface area (Å²) < 4.78 is 14.0. The van der Waals surface area contributed by atoms with Gasteiger partial charge in [-0.3, -0.25) is 9.13 Å². The van der Waals surface area contributed by atoms with E-state index < -0.39 is 22.9 Å². The van der Waals surface area contributed by atoms with Crippen LogP contribution < -0.4 is 9.47 Å². The smallest absolute Gasteiger partial charge is 0.383 e. The van der Waals surface area contributed by atoms with E-state index in [0.717, 1.165) is 48.3 Å². The minimum absolute atomic E-state index is 0.138. The van der Waals surface area contributed by atoms with Crippen molar-refractivity contribution in [1.82, 2.24) is 19.1 Å². The minimum atomic E-state index is -1.28. The predicted molar refractivity (Wildman–Crippen MR) is 216 cm³/mol. The fourth-order valence-corrected chi connectivity index (χ4v) is 9.28. The van der Waals surface area contributed by atoms with Crippen molar-refractivity contribution < 1.29 is 19.1 Å². The number of unbranched alkanes of at least 4 members (excludes halogenated alkanes) is 8. The Kier molecular flexibility index (Phi) is 18.6. The number of carbonyl (C=O) groups excluding carboxylic acids is 2. The second kappa shape index (κ2) is 22.8. The van der Waals surface area contributed by atoms with Crippen molar-refractivity contribution in [1.29, 1.82) is 0 Å². The molecule has 0 amide bonds. The molecule has 4 atom stereocenters. The first-order valence-corrected chi connectivity index (χ1v) is 21.5. The molecule has 0 aliphatic rings. The van der Waals surface area contributed by atoms with Crippen LogP contribution in [0.1, 0.15) is 111 Å². The molecule has 0 spiro atoms. The molecule has 282 valence electrons. The molecule has 52 heavy (non-hydrogen) atoms. The SMILES string of the molecule is CCCCCCCSC(c1ccc(Cl)cc1)C(Cl)n1ccnc1OC(=O)C(=O)Oc1nccn1C(Cl)C(SCCCCCCC)c1ccc(Cl)cc1. The monoisotopic (exact) mass is 826 g/mol. The van der Waals surface area contributed by atoms with Crippen LogP contribution in [0.5, 0.6) is 12.0 Å². The van der Waals surface area contributed by atoms with Gasteiger partial charge in [-0.05, 0) is 59.7 Å². The van der Waals surface area contributed by atoms with Gasteiger partial charge in [0.25, 0.3) is 0 Å². The molecule has 2 aromatic heterocycles. The van der Waals surface area contributed by atoms with Crippen LogP contribution in [-0.4, -0.2) is 42.5 Å². The first kappa shape index (κ1) is 42.4. The molecule has 0 fully saturated rings. The summed E-state index contributed by atoms with van der Waals surface area (Å²) in [7, 11) is 0. The number of thioether (sulfide) groups is 2.